The number of hydrogen-bond acceptors (Lipinski definition) is 1. The molecule has 0 saturated heterocycles. The molecule has 0 unspecified atom stereocenters. The van der Waals surface area contributed by atoms with Gasteiger partial charge in [0.2, 0.25) is 0 Å². The van der Waals surface area contributed by atoms with Crippen molar-refractivity contribution in [3.63, 3.8) is 0 Å². The molecular formula is C18H23N. The van der Waals surface area contributed by atoms with Gasteiger partial charge in [0.15, 0.2) is 0 Å². The first-order valence-corrected chi connectivity index (χ1v) is 6.85. The highest BCUT2D eigenvalue weighted by Gasteiger charge is 1.84. The molecule has 0 atom stereocenters. The van der Waals surface area contributed by atoms with Crippen molar-refractivity contribution in [3.05, 3.63) is 71.8 Å². The number of rotatable bonds is 4. The molecule has 0 aliphatic rings. The van der Waals surface area contributed by atoms with Crippen molar-refractivity contribution in [2.24, 2.45) is 0 Å². The molecule has 0 aromatic heterocycles. The van der Waals surface area contributed by atoms with Gasteiger partial charge in [-0.25, -0.2) is 0 Å². The Kier molecular flexibility index (Phi) is 8.08. The van der Waals surface area contributed by atoms with Gasteiger partial charge in [0, 0.05) is 0 Å². The van der Waals surface area contributed by atoms with E-state index in [9.17, 15) is 0 Å². The lowest BCUT2D eigenvalue weighted by Crippen LogP contribution is -2.09. The third-order valence-electron chi connectivity index (χ3n) is 2.57. The summed E-state index contributed by atoms with van der Waals surface area (Å²) >= 11 is 0. The summed E-state index contributed by atoms with van der Waals surface area (Å²) in [7, 11) is 0. The molecule has 0 amide bonds. The predicted molar refractivity (Wildman–Crippen MR) is 86.0 cm³/mol. The van der Waals surface area contributed by atoms with Gasteiger partial charge in [0.05, 0.1) is 0 Å². The summed E-state index contributed by atoms with van der Waals surface area (Å²) in [6.45, 7) is 6.39. The highest BCUT2D eigenvalue weighted by Crippen LogP contribution is 2.06. The lowest BCUT2D eigenvalue weighted by Gasteiger charge is -1.92. The van der Waals surface area contributed by atoms with Gasteiger partial charge in [-0.2, -0.15) is 0 Å². The van der Waals surface area contributed by atoms with Gasteiger partial charge in [0.25, 0.3) is 0 Å². The number of hydrogen-bond donors (Lipinski definition) is 1. The zero-order valence-corrected chi connectivity index (χ0v) is 11.8. The Labute approximate surface area is 117 Å². The van der Waals surface area contributed by atoms with Crippen molar-refractivity contribution in [1.82, 2.24) is 5.32 Å². The van der Waals surface area contributed by atoms with Crippen LogP contribution in [0.4, 0.5) is 0 Å². The summed E-state index contributed by atoms with van der Waals surface area (Å²) in [5.41, 5.74) is 2.47. The Hall–Kier alpha value is -1.86. The molecule has 0 radical (unpaired) electrons. The van der Waals surface area contributed by atoms with Crippen molar-refractivity contribution in [1.29, 1.82) is 0 Å². The summed E-state index contributed by atoms with van der Waals surface area (Å²) in [4.78, 5) is 0. The van der Waals surface area contributed by atoms with E-state index in [1.165, 1.54) is 11.1 Å². The second kappa shape index (κ2) is 10.1. The van der Waals surface area contributed by atoms with Crippen molar-refractivity contribution >= 4 is 12.2 Å². The van der Waals surface area contributed by atoms with Gasteiger partial charge in [-0.1, -0.05) is 86.7 Å². The monoisotopic (exact) mass is 253 g/mol. The number of benzene rings is 2. The summed E-state index contributed by atoms with van der Waals surface area (Å²) in [5.74, 6) is 0. The van der Waals surface area contributed by atoms with E-state index < -0.39 is 0 Å². The molecule has 0 aliphatic heterocycles. The average molecular weight is 253 g/mol. The van der Waals surface area contributed by atoms with Gasteiger partial charge in [-0.15, -0.1) is 0 Å². The van der Waals surface area contributed by atoms with Crippen molar-refractivity contribution in [3.8, 4) is 0 Å². The lowest BCUT2D eigenvalue weighted by molar-refractivity contribution is 0.762. The van der Waals surface area contributed by atoms with Gasteiger partial charge >= 0.3 is 0 Å². The first-order valence-electron chi connectivity index (χ1n) is 6.85. The quantitative estimate of drug-likeness (QED) is 0.793. The maximum atomic E-state index is 3.11. The fraction of sp³-hybridized carbons (Fsp3) is 0.222. The van der Waals surface area contributed by atoms with Crippen LogP contribution < -0.4 is 5.32 Å². The minimum atomic E-state index is 1.09. The Morgan fingerprint density at radius 3 is 1.32 bits per heavy atom. The van der Waals surface area contributed by atoms with Crippen molar-refractivity contribution in [2.45, 2.75) is 13.8 Å². The third-order valence-corrected chi connectivity index (χ3v) is 2.57. The zero-order chi connectivity index (χ0) is 13.8. The smallest absolute Gasteiger partial charge is 0.00775 e. The van der Waals surface area contributed by atoms with E-state index in [1.807, 2.05) is 36.4 Å². The Balaban J connectivity index is 0.000000312. The molecule has 0 fully saturated rings. The molecule has 1 N–H and O–H groups in total. The largest absolute Gasteiger partial charge is 0.317 e. The zero-order valence-electron chi connectivity index (χ0n) is 11.8. The van der Waals surface area contributed by atoms with Crippen LogP contribution in [0.2, 0.25) is 0 Å². The van der Waals surface area contributed by atoms with E-state index in [1.54, 1.807) is 0 Å². The van der Waals surface area contributed by atoms with Gasteiger partial charge in [-0.3, -0.25) is 0 Å². The maximum absolute atomic E-state index is 3.11. The fourth-order valence-electron chi connectivity index (χ4n) is 1.57. The molecule has 2 aromatic rings. The minimum absolute atomic E-state index is 1.09. The highest BCUT2D eigenvalue weighted by atomic mass is 14.8. The predicted octanol–water partition coefficient (Wildman–Crippen LogP) is 4.47. The normalized spacial score (nSPS) is 10.0. The molecule has 19 heavy (non-hydrogen) atoms. The van der Waals surface area contributed by atoms with Crippen molar-refractivity contribution in [2.75, 3.05) is 13.1 Å². The van der Waals surface area contributed by atoms with Gasteiger partial charge in [0.1, 0.15) is 0 Å². The summed E-state index contributed by atoms with van der Waals surface area (Å²) in [6, 6.07) is 20.6. The van der Waals surface area contributed by atoms with Crippen LogP contribution in [0.3, 0.4) is 0 Å². The molecule has 2 aromatic carbocycles. The van der Waals surface area contributed by atoms with E-state index in [0.29, 0.717) is 0 Å². The van der Waals surface area contributed by atoms with Gasteiger partial charge < -0.3 is 5.32 Å². The van der Waals surface area contributed by atoms with Gasteiger partial charge in [-0.05, 0) is 24.2 Å². The SMILES string of the molecule is C(=Cc1ccccc1)c1ccccc1.CCNCC. The average Bonchev–Trinajstić information content (AvgIpc) is 2.49. The number of nitrogens with one attached hydrogen (secondary N) is 1. The topological polar surface area (TPSA) is 12.0 Å². The molecule has 1 nitrogen and oxygen atoms in total. The van der Waals surface area contributed by atoms with Crippen LogP contribution in [0.5, 0.6) is 0 Å². The van der Waals surface area contributed by atoms with E-state index in [4.69, 9.17) is 0 Å². The molecule has 0 spiro atoms. The fourth-order valence-corrected chi connectivity index (χ4v) is 1.57. The maximum Gasteiger partial charge on any atom is -0.00775 e. The molecular weight excluding hydrogens is 230 g/mol. The Bertz CT molecular complexity index is 402. The van der Waals surface area contributed by atoms with E-state index in [0.717, 1.165) is 13.1 Å². The van der Waals surface area contributed by atoms with Crippen LogP contribution in [-0.4, -0.2) is 13.1 Å². The van der Waals surface area contributed by atoms with E-state index in [2.05, 4.69) is 55.6 Å². The third kappa shape index (κ3) is 7.22. The van der Waals surface area contributed by atoms with Crippen LogP contribution in [0, 0.1) is 0 Å². The summed E-state index contributed by atoms with van der Waals surface area (Å²) < 4.78 is 0. The lowest BCUT2D eigenvalue weighted by atomic mass is 10.1. The standard InChI is InChI=1S/C14H12.C4H11N/c1-3-7-13(8-4-1)11-12-14-9-5-2-6-10-14;1-3-5-4-2/h1-12H;5H,3-4H2,1-2H3. The molecule has 1 heteroatoms. The van der Waals surface area contributed by atoms with E-state index >= 15 is 0 Å². The molecule has 0 aliphatic carbocycles. The summed E-state index contributed by atoms with van der Waals surface area (Å²) in [5, 5.41) is 3.11. The first kappa shape index (κ1) is 15.2. The highest BCUT2D eigenvalue weighted by molar-refractivity contribution is 5.69. The molecule has 0 heterocycles. The Morgan fingerprint density at radius 2 is 1.05 bits per heavy atom. The van der Waals surface area contributed by atoms with Crippen molar-refractivity contribution < 1.29 is 0 Å². The van der Waals surface area contributed by atoms with Crippen LogP contribution >= 0.6 is 0 Å². The summed E-state index contributed by atoms with van der Waals surface area (Å²) in [6.07, 6.45) is 4.24. The van der Waals surface area contributed by atoms with E-state index in [-0.39, 0.29) is 0 Å². The second-order valence-corrected chi connectivity index (χ2v) is 4.11. The van der Waals surface area contributed by atoms with Crippen LogP contribution in [0.25, 0.3) is 12.2 Å². The molecule has 0 bridgehead atoms. The Morgan fingerprint density at radius 1 is 0.684 bits per heavy atom. The van der Waals surface area contributed by atoms with Crippen LogP contribution in [-0.2, 0) is 0 Å². The first-order chi connectivity index (χ1) is 9.36. The minimum Gasteiger partial charge on any atom is -0.317 e. The second-order valence-electron chi connectivity index (χ2n) is 4.11. The molecule has 2 rings (SSSR count). The van der Waals surface area contributed by atoms with Crippen LogP contribution in [0.1, 0.15) is 25.0 Å². The molecule has 0 saturated carbocycles. The van der Waals surface area contributed by atoms with Crippen LogP contribution in [0.15, 0.2) is 60.7 Å². The molecule has 100 valence electrons.